The van der Waals surface area contributed by atoms with E-state index in [1.165, 1.54) is 0 Å². The molecule has 27 heavy (non-hydrogen) atoms. The van der Waals surface area contributed by atoms with Crippen LogP contribution in [0, 0.1) is 0 Å². The summed E-state index contributed by atoms with van der Waals surface area (Å²) in [4.78, 5) is 26.3. The molecular weight excluding hydrogens is 344 g/mol. The van der Waals surface area contributed by atoms with Crippen LogP contribution < -0.4 is 10.1 Å². The van der Waals surface area contributed by atoms with Gasteiger partial charge in [0.05, 0.1) is 25.3 Å². The van der Waals surface area contributed by atoms with Crippen LogP contribution in [0.2, 0.25) is 0 Å². The number of hydrogen-bond acceptors (Lipinski definition) is 4. The van der Waals surface area contributed by atoms with Crippen molar-refractivity contribution >= 4 is 17.7 Å². The predicted molar refractivity (Wildman–Crippen MR) is 103 cm³/mol. The maximum atomic E-state index is 12.7. The lowest BCUT2D eigenvalue weighted by atomic mass is 10.0. The smallest absolute Gasteiger partial charge is 0.338 e. The first-order valence-electron chi connectivity index (χ1n) is 9.11. The Balaban J connectivity index is 1.66. The molecule has 3 rings (SSSR count). The monoisotopic (exact) mass is 368 g/mol. The Labute approximate surface area is 159 Å². The Morgan fingerprint density at radius 1 is 1.11 bits per heavy atom. The van der Waals surface area contributed by atoms with Gasteiger partial charge in [0.25, 0.3) is 0 Å². The Hall–Kier alpha value is -3.02. The standard InChI is InChI=1S/C21H24N2O4/c1-3-27-20(24)16-6-10-17(11-7-16)22-21(25)23-14-4-5-19(23)15-8-12-18(26-2)13-9-15/h6-13,19H,3-5,14H2,1-2H3,(H,22,25)/t19-/m0/s1. The molecule has 0 saturated carbocycles. The van der Waals surface area contributed by atoms with Crippen LogP contribution in [0.15, 0.2) is 48.5 Å². The van der Waals surface area contributed by atoms with Crippen molar-refractivity contribution in [2.45, 2.75) is 25.8 Å². The summed E-state index contributed by atoms with van der Waals surface area (Å²) in [7, 11) is 1.64. The van der Waals surface area contributed by atoms with Crippen LogP contribution in [0.5, 0.6) is 5.75 Å². The molecule has 0 bridgehead atoms. The molecule has 1 N–H and O–H groups in total. The number of ether oxygens (including phenoxy) is 2. The molecule has 1 aliphatic rings. The van der Waals surface area contributed by atoms with Crippen molar-refractivity contribution in [3.63, 3.8) is 0 Å². The summed E-state index contributed by atoms with van der Waals surface area (Å²) >= 11 is 0. The van der Waals surface area contributed by atoms with Gasteiger partial charge in [-0.1, -0.05) is 12.1 Å². The lowest BCUT2D eigenvalue weighted by Gasteiger charge is -2.25. The highest BCUT2D eigenvalue weighted by Gasteiger charge is 2.30. The summed E-state index contributed by atoms with van der Waals surface area (Å²) in [5, 5.41) is 2.91. The summed E-state index contributed by atoms with van der Waals surface area (Å²) in [6.45, 7) is 2.81. The number of nitrogens with zero attached hydrogens (tertiary/aromatic N) is 1. The SMILES string of the molecule is CCOC(=O)c1ccc(NC(=O)N2CCC[C@H]2c2ccc(OC)cc2)cc1. The number of urea groups is 1. The zero-order valence-corrected chi connectivity index (χ0v) is 15.6. The van der Waals surface area contributed by atoms with Crippen LogP contribution >= 0.6 is 0 Å². The van der Waals surface area contributed by atoms with Gasteiger partial charge in [-0.05, 0) is 61.7 Å². The fourth-order valence-electron chi connectivity index (χ4n) is 3.28. The van der Waals surface area contributed by atoms with Crippen LogP contribution in [0.1, 0.15) is 41.7 Å². The van der Waals surface area contributed by atoms with Crippen molar-refractivity contribution in [1.29, 1.82) is 0 Å². The Morgan fingerprint density at radius 2 is 1.81 bits per heavy atom. The number of rotatable bonds is 5. The average molecular weight is 368 g/mol. The largest absolute Gasteiger partial charge is 0.497 e. The summed E-state index contributed by atoms with van der Waals surface area (Å²) < 4.78 is 10.2. The molecule has 1 heterocycles. The second kappa shape index (κ2) is 8.58. The van der Waals surface area contributed by atoms with Crippen molar-refractivity contribution in [2.24, 2.45) is 0 Å². The van der Waals surface area contributed by atoms with Crippen molar-refractivity contribution in [3.8, 4) is 5.75 Å². The Morgan fingerprint density at radius 3 is 2.44 bits per heavy atom. The van der Waals surface area contributed by atoms with Gasteiger partial charge in [0.2, 0.25) is 0 Å². The number of anilines is 1. The number of carbonyl (C=O) groups excluding carboxylic acids is 2. The molecule has 0 aliphatic carbocycles. The zero-order valence-electron chi connectivity index (χ0n) is 15.6. The van der Waals surface area contributed by atoms with E-state index in [0.717, 1.165) is 24.2 Å². The number of amides is 2. The highest BCUT2D eigenvalue weighted by molar-refractivity contribution is 5.92. The minimum atomic E-state index is -0.366. The minimum absolute atomic E-state index is 0.0507. The zero-order chi connectivity index (χ0) is 19.2. The second-order valence-corrected chi connectivity index (χ2v) is 6.35. The molecule has 1 fully saturated rings. The van der Waals surface area contributed by atoms with Crippen LogP contribution in [0.25, 0.3) is 0 Å². The maximum absolute atomic E-state index is 12.7. The van der Waals surface area contributed by atoms with Crippen molar-refractivity contribution < 1.29 is 19.1 Å². The summed E-state index contributed by atoms with van der Waals surface area (Å²) in [5.41, 5.74) is 2.21. The molecule has 0 unspecified atom stereocenters. The van der Waals surface area contributed by atoms with E-state index in [-0.39, 0.29) is 18.0 Å². The molecule has 0 spiro atoms. The van der Waals surface area contributed by atoms with Crippen LogP contribution in [-0.2, 0) is 4.74 Å². The van der Waals surface area contributed by atoms with E-state index in [4.69, 9.17) is 9.47 Å². The summed E-state index contributed by atoms with van der Waals surface area (Å²) in [6.07, 6.45) is 1.90. The molecule has 2 amide bonds. The first-order chi connectivity index (χ1) is 13.1. The molecule has 6 heteroatoms. The molecule has 0 aromatic heterocycles. The summed E-state index contributed by atoms with van der Waals surface area (Å²) in [6, 6.07) is 14.5. The van der Waals surface area contributed by atoms with Gasteiger partial charge < -0.3 is 19.7 Å². The third kappa shape index (κ3) is 4.39. The third-order valence-electron chi connectivity index (χ3n) is 4.66. The highest BCUT2D eigenvalue weighted by Crippen LogP contribution is 2.33. The van der Waals surface area contributed by atoms with Gasteiger partial charge in [-0.3, -0.25) is 0 Å². The molecule has 1 aliphatic heterocycles. The lowest BCUT2D eigenvalue weighted by molar-refractivity contribution is 0.0526. The molecule has 1 atom stereocenters. The number of carbonyl (C=O) groups is 2. The first kappa shape index (κ1) is 18.8. The number of hydrogen-bond donors (Lipinski definition) is 1. The third-order valence-corrected chi connectivity index (χ3v) is 4.66. The van der Waals surface area contributed by atoms with Crippen molar-refractivity contribution in [3.05, 3.63) is 59.7 Å². The van der Waals surface area contributed by atoms with Gasteiger partial charge in [0.1, 0.15) is 5.75 Å². The number of esters is 1. The van der Waals surface area contributed by atoms with E-state index < -0.39 is 0 Å². The van der Waals surface area contributed by atoms with Gasteiger partial charge in [0.15, 0.2) is 0 Å². The average Bonchev–Trinajstić information content (AvgIpc) is 3.19. The number of methoxy groups -OCH3 is 1. The Kier molecular flexibility index (Phi) is 5.96. The molecule has 2 aromatic rings. The van der Waals surface area contributed by atoms with Gasteiger partial charge >= 0.3 is 12.0 Å². The van der Waals surface area contributed by atoms with E-state index in [9.17, 15) is 9.59 Å². The fourth-order valence-corrected chi connectivity index (χ4v) is 3.28. The van der Waals surface area contributed by atoms with Crippen LogP contribution in [0.4, 0.5) is 10.5 Å². The van der Waals surface area contributed by atoms with Gasteiger partial charge in [0, 0.05) is 12.2 Å². The molecule has 0 radical (unpaired) electrons. The van der Waals surface area contributed by atoms with E-state index in [0.29, 0.717) is 24.4 Å². The summed E-state index contributed by atoms with van der Waals surface area (Å²) in [5.74, 6) is 0.434. The second-order valence-electron chi connectivity index (χ2n) is 6.35. The Bertz CT molecular complexity index is 787. The van der Waals surface area contributed by atoms with Gasteiger partial charge in [-0.15, -0.1) is 0 Å². The quantitative estimate of drug-likeness (QED) is 0.802. The van der Waals surface area contributed by atoms with E-state index >= 15 is 0 Å². The van der Waals surface area contributed by atoms with E-state index in [1.54, 1.807) is 38.3 Å². The van der Waals surface area contributed by atoms with Crippen LogP contribution in [-0.4, -0.2) is 37.2 Å². The van der Waals surface area contributed by atoms with Crippen molar-refractivity contribution in [2.75, 3.05) is 25.6 Å². The normalized spacial score (nSPS) is 16.1. The van der Waals surface area contributed by atoms with Crippen LogP contribution in [0.3, 0.4) is 0 Å². The molecule has 1 saturated heterocycles. The molecule has 6 nitrogen and oxygen atoms in total. The predicted octanol–water partition coefficient (Wildman–Crippen LogP) is 4.24. The molecular formula is C21H24N2O4. The lowest BCUT2D eigenvalue weighted by Crippen LogP contribution is -2.34. The highest BCUT2D eigenvalue weighted by atomic mass is 16.5. The minimum Gasteiger partial charge on any atom is -0.497 e. The number of nitrogens with one attached hydrogen (secondary N) is 1. The number of likely N-dealkylation sites (tertiary alicyclic amines) is 1. The first-order valence-corrected chi connectivity index (χ1v) is 9.11. The van der Waals surface area contributed by atoms with Gasteiger partial charge in [-0.25, -0.2) is 9.59 Å². The van der Waals surface area contributed by atoms with Crippen molar-refractivity contribution in [1.82, 2.24) is 4.90 Å². The molecule has 2 aromatic carbocycles. The molecule has 142 valence electrons. The van der Waals surface area contributed by atoms with Gasteiger partial charge in [-0.2, -0.15) is 0 Å². The van der Waals surface area contributed by atoms with E-state index in [2.05, 4.69) is 5.32 Å². The maximum Gasteiger partial charge on any atom is 0.338 e. The topological polar surface area (TPSA) is 67.9 Å². The number of benzene rings is 2. The fraction of sp³-hybridized carbons (Fsp3) is 0.333. The van der Waals surface area contributed by atoms with E-state index in [1.807, 2.05) is 29.2 Å².